The van der Waals surface area contributed by atoms with Crippen LogP contribution in [0, 0.1) is 5.82 Å². The van der Waals surface area contributed by atoms with E-state index in [1.54, 1.807) is 17.0 Å². The normalized spacial score (nSPS) is 11.0. The van der Waals surface area contributed by atoms with Gasteiger partial charge in [0.15, 0.2) is 5.13 Å². The highest BCUT2D eigenvalue weighted by atomic mass is 35.5. The number of hydrogen-bond donors (Lipinski definition) is 0. The van der Waals surface area contributed by atoms with E-state index in [1.165, 1.54) is 23.5 Å². The summed E-state index contributed by atoms with van der Waals surface area (Å²) in [7, 11) is 3.98. The summed E-state index contributed by atoms with van der Waals surface area (Å²) in [5.41, 5.74) is 1.55. The molecule has 0 saturated heterocycles. The summed E-state index contributed by atoms with van der Waals surface area (Å²) in [6.07, 6.45) is 0.834. The Morgan fingerprint density at radius 3 is 2.57 bits per heavy atom. The zero-order chi connectivity index (χ0) is 16.8. The molecule has 2 aromatic rings. The van der Waals surface area contributed by atoms with Crippen molar-refractivity contribution in [3.8, 4) is 11.3 Å². The lowest BCUT2D eigenvalue weighted by molar-refractivity contribution is -0.116. The zero-order valence-electron chi connectivity index (χ0n) is 13.1. The van der Waals surface area contributed by atoms with E-state index >= 15 is 0 Å². The predicted octanol–water partition coefficient (Wildman–Crippen LogP) is 3.47. The van der Waals surface area contributed by atoms with Gasteiger partial charge in [0.05, 0.1) is 5.69 Å². The molecule has 0 saturated carbocycles. The lowest BCUT2D eigenvalue weighted by Gasteiger charge is -2.19. The third-order valence-electron chi connectivity index (χ3n) is 3.27. The predicted molar refractivity (Wildman–Crippen MR) is 93.8 cm³/mol. The molecule has 0 aliphatic carbocycles. The number of alkyl halides is 1. The van der Waals surface area contributed by atoms with Gasteiger partial charge in [-0.15, -0.1) is 22.9 Å². The summed E-state index contributed by atoms with van der Waals surface area (Å²) in [4.78, 5) is 20.3. The molecule has 0 spiro atoms. The molecule has 1 amide bonds. The van der Waals surface area contributed by atoms with Crippen LogP contribution in [0.15, 0.2) is 29.6 Å². The summed E-state index contributed by atoms with van der Waals surface area (Å²) >= 11 is 7.10. The van der Waals surface area contributed by atoms with E-state index in [0.717, 1.165) is 24.2 Å². The second kappa shape index (κ2) is 8.38. The van der Waals surface area contributed by atoms with Gasteiger partial charge in [-0.1, -0.05) is 0 Å². The first-order valence-corrected chi connectivity index (χ1v) is 8.65. The number of amides is 1. The molecular weight excluding hydrogens is 337 g/mol. The number of anilines is 1. The van der Waals surface area contributed by atoms with Crippen molar-refractivity contribution in [2.75, 3.05) is 38.0 Å². The van der Waals surface area contributed by atoms with Crippen LogP contribution in [0.5, 0.6) is 0 Å². The lowest BCUT2D eigenvalue weighted by Crippen LogP contribution is -2.34. The number of halogens is 2. The summed E-state index contributed by atoms with van der Waals surface area (Å²) in [6.45, 7) is 1.45. The molecule has 0 aliphatic rings. The Hall–Kier alpha value is -1.50. The SMILES string of the molecule is CN(C)CCCN(C(=O)CCl)c1nc(-c2ccc(F)cc2)cs1. The number of aromatic nitrogens is 1. The van der Waals surface area contributed by atoms with E-state index in [-0.39, 0.29) is 17.6 Å². The Morgan fingerprint density at radius 2 is 1.96 bits per heavy atom. The van der Waals surface area contributed by atoms with Crippen LogP contribution >= 0.6 is 22.9 Å². The molecule has 7 heteroatoms. The molecule has 1 aromatic heterocycles. The van der Waals surface area contributed by atoms with Gasteiger partial charge in [-0.05, 0) is 51.3 Å². The smallest absolute Gasteiger partial charge is 0.243 e. The van der Waals surface area contributed by atoms with Crippen LogP contribution in [0.4, 0.5) is 9.52 Å². The summed E-state index contributed by atoms with van der Waals surface area (Å²) in [5, 5.41) is 2.48. The first-order chi connectivity index (χ1) is 11.0. The van der Waals surface area contributed by atoms with Crippen LogP contribution in [-0.2, 0) is 4.79 Å². The van der Waals surface area contributed by atoms with Crippen molar-refractivity contribution in [2.24, 2.45) is 0 Å². The van der Waals surface area contributed by atoms with Crippen molar-refractivity contribution in [1.82, 2.24) is 9.88 Å². The molecule has 0 N–H and O–H groups in total. The molecule has 23 heavy (non-hydrogen) atoms. The summed E-state index contributed by atoms with van der Waals surface area (Å²) in [6, 6.07) is 6.14. The van der Waals surface area contributed by atoms with Gasteiger partial charge in [-0.25, -0.2) is 9.37 Å². The molecule has 0 unspecified atom stereocenters. The van der Waals surface area contributed by atoms with E-state index in [1.807, 2.05) is 19.5 Å². The van der Waals surface area contributed by atoms with Crippen LogP contribution in [-0.4, -0.2) is 48.9 Å². The van der Waals surface area contributed by atoms with Crippen molar-refractivity contribution >= 4 is 34.0 Å². The molecule has 0 fully saturated rings. The minimum Gasteiger partial charge on any atom is -0.309 e. The van der Waals surface area contributed by atoms with Gasteiger partial charge in [0.2, 0.25) is 5.91 Å². The van der Waals surface area contributed by atoms with Crippen LogP contribution in [0.25, 0.3) is 11.3 Å². The first-order valence-electron chi connectivity index (χ1n) is 7.24. The third-order valence-corrected chi connectivity index (χ3v) is 4.36. The average molecular weight is 356 g/mol. The Balaban J connectivity index is 2.15. The fourth-order valence-corrected chi connectivity index (χ4v) is 3.11. The van der Waals surface area contributed by atoms with Gasteiger partial charge in [-0.3, -0.25) is 9.69 Å². The zero-order valence-corrected chi connectivity index (χ0v) is 14.7. The van der Waals surface area contributed by atoms with Crippen LogP contribution in [0.2, 0.25) is 0 Å². The molecule has 4 nitrogen and oxygen atoms in total. The van der Waals surface area contributed by atoms with Crippen molar-refractivity contribution < 1.29 is 9.18 Å². The minimum absolute atomic E-state index is 0.0760. The van der Waals surface area contributed by atoms with Gasteiger partial charge in [0, 0.05) is 17.5 Å². The Labute approximate surface area is 144 Å². The maximum absolute atomic E-state index is 13.0. The fraction of sp³-hybridized carbons (Fsp3) is 0.375. The van der Waals surface area contributed by atoms with Gasteiger partial charge in [-0.2, -0.15) is 0 Å². The van der Waals surface area contributed by atoms with Crippen molar-refractivity contribution in [1.29, 1.82) is 0 Å². The van der Waals surface area contributed by atoms with Crippen LogP contribution in [0.1, 0.15) is 6.42 Å². The number of carbonyl (C=O) groups is 1. The van der Waals surface area contributed by atoms with Gasteiger partial charge >= 0.3 is 0 Å². The third kappa shape index (κ3) is 4.99. The first kappa shape index (κ1) is 17.8. The molecule has 0 aliphatic heterocycles. The molecule has 0 bridgehead atoms. The second-order valence-corrected chi connectivity index (χ2v) is 6.46. The van der Waals surface area contributed by atoms with E-state index in [9.17, 15) is 9.18 Å². The van der Waals surface area contributed by atoms with E-state index in [4.69, 9.17) is 11.6 Å². The number of rotatable bonds is 7. The molecule has 0 radical (unpaired) electrons. The van der Waals surface area contributed by atoms with Crippen molar-refractivity contribution in [2.45, 2.75) is 6.42 Å². The molecule has 1 aromatic carbocycles. The number of hydrogen-bond acceptors (Lipinski definition) is 4. The Morgan fingerprint density at radius 1 is 1.26 bits per heavy atom. The minimum atomic E-state index is -0.285. The number of thiazole rings is 1. The molecule has 0 atom stereocenters. The van der Waals surface area contributed by atoms with Crippen molar-refractivity contribution in [3.63, 3.8) is 0 Å². The Kier molecular flexibility index (Phi) is 6.50. The van der Waals surface area contributed by atoms with E-state index in [2.05, 4.69) is 9.88 Å². The number of nitrogens with zero attached hydrogens (tertiary/aromatic N) is 3. The standard InChI is InChI=1S/C16H19ClFN3OS/c1-20(2)8-3-9-21(15(22)10-17)16-19-14(11-23-16)12-4-6-13(18)7-5-12/h4-7,11H,3,8-10H2,1-2H3. The largest absolute Gasteiger partial charge is 0.309 e. The van der Waals surface area contributed by atoms with Crippen LogP contribution < -0.4 is 4.90 Å². The maximum Gasteiger partial charge on any atom is 0.243 e. The monoisotopic (exact) mass is 355 g/mol. The topological polar surface area (TPSA) is 36.4 Å². The average Bonchev–Trinajstić information content (AvgIpc) is 3.01. The Bertz CT molecular complexity index is 645. The highest BCUT2D eigenvalue weighted by Gasteiger charge is 2.18. The fourth-order valence-electron chi connectivity index (χ4n) is 2.09. The number of benzene rings is 1. The van der Waals surface area contributed by atoms with Gasteiger partial charge < -0.3 is 4.90 Å². The van der Waals surface area contributed by atoms with Gasteiger partial charge in [0.25, 0.3) is 0 Å². The highest BCUT2D eigenvalue weighted by molar-refractivity contribution is 7.14. The van der Waals surface area contributed by atoms with E-state index in [0.29, 0.717) is 11.7 Å². The van der Waals surface area contributed by atoms with Gasteiger partial charge in [0.1, 0.15) is 11.7 Å². The highest BCUT2D eigenvalue weighted by Crippen LogP contribution is 2.28. The quantitative estimate of drug-likeness (QED) is 0.713. The van der Waals surface area contributed by atoms with E-state index < -0.39 is 0 Å². The summed E-state index contributed by atoms with van der Waals surface area (Å²) < 4.78 is 13.0. The van der Waals surface area contributed by atoms with Crippen LogP contribution in [0.3, 0.4) is 0 Å². The molecule has 124 valence electrons. The summed E-state index contributed by atoms with van der Waals surface area (Å²) in [5.74, 6) is -0.523. The molecule has 1 heterocycles. The lowest BCUT2D eigenvalue weighted by atomic mass is 10.2. The maximum atomic E-state index is 13.0. The van der Waals surface area contributed by atoms with Crippen molar-refractivity contribution in [3.05, 3.63) is 35.5 Å². The molecular formula is C16H19ClFN3OS. The second-order valence-electron chi connectivity index (χ2n) is 5.36. The molecule has 2 rings (SSSR count). The number of carbonyl (C=O) groups excluding carboxylic acids is 1.